The first-order valence-corrected chi connectivity index (χ1v) is 7.48. The summed E-state index contributed by atoms with van der Waals surface area (Å²) in [6.45, 7) is 2.13. The molecule has 0 bridgehead atoms. The van der Waals surface area contributed by atoms with Gasteiger partial charge in [-0.2, -0.15) is 0 Å². The van der Waals surface area contributed by atoms with Gasteiger partial charge in [0, 0.05) is 11.3 Å². The van der Waals surface area contributed by atoms with E-state index in [1.54, 1.807) is 27.8 Å². The van der Waals surface area contributed by atoms with Crippen molar-refractivity contribution in [2.75, 3.05) is 7.11 Å². The topological polar surface area (TPSA) is 9.23 Å². The van der Waals surface area contributed by atoms with Gasteiger partial charge in [0.25, 0.3) is 0 Å². The Morgan fingerprint density at radius 2 is 1.88 bits per heavy atom. The molecule has 0 spiro atoms. The SMILES string of the molecule is COc1ccc(Cc2c(C)ssc2=S)cc1. The Morgan fingerprint density at radius 3 is 2.38 bits per heavy atom. The fourth-order valence-electron chi connectivity index (χ4n) is 1.49. The average Bonchev–Trinajstić information content (AvgIpc) is 2.62. The maximum absolute atomic E-state index is 5.32. The molecule has 84 valence electrons. The molecule has 2 aromatic rings. The lowest BCUT2D eigenvalue weighted by Gasteiger charge is -2.03. The highest BCUT2D eigenvalue weighted by Crippen LogP contribution is 2.26. The molecule has 1 nitrogen and oxygen atoms in total. The van der Waals surface area contributed by atoms with E-state index in [9.17, 15) is 0 Å². The van der Waals surface area contributed by atoms with Crippen molar-refractivity contribution in [2.24, 2.45) is 0 Å². The standard InChI is InChI=1S/C12H12OS3/c1-8-11(12(14)16-15-8)7-9-3-5-10(13-2)6-4-9/h3-6H,7H2,1-2H3. The Hall–Kier alpha value is -0.710. The van der Waals surface area contributed by atoms with E-state index in [0.717, 1.165) is 16.0 Å². The van der Waals surface area contributed by atoms with E-state index in [0.29, 0.717) is 0 Å². The number of rotatable bonds is 3. The number of hydrogen-bond acceptors (Lipinski definition) is 4. The van der Waals surface area contributed by atoms with E-state index in [-0.39, 0.29) is 0 Å². The Kier molecular flexibility index (Phi) is 3.74. The lowest BCUT2D eigenvalue weighted by Crippen LogP contribution is -1.89. The summed E-state index contributed by atoms with van der Waals surface area (Å²) in [5.74, 6) is 0.896. The van der Waals surface area contributed by atoms with Crippen LogP contribution in [0.4, 0.5) is 0 Å². The second kappa shape index (κ2) is 5.08. The molecule has 1 aromatic carbocycles. The summed E-state index contributed by atoms with van der Waals surface area (Å²) in [6.07, 6.45) is 0.925. The molecule has 0 aliphatic carbocycles. The molecule has 0 N–H and O–H groups in total. The van der Waals surface area contributed by atoms with Gasteiger partial charge in [-0.05, 0) is 30.2 Å². The summed E-state index contributed by atoms with van der Waals surface area (Å²) in [6, 6.07) is 8.16. The van der Waals surface area contributed by atoms with E-state index in [4.69, 9.17) is 17.0 Å². The molecule has 0 amide bonds. The van der Waals surface area contributed by atoms with Gasteiger partial charge >= 0.3 is 0 Å². The van der Waals surface area contributed by atoms with E-state index in [1.165, 1.54) is 16.0 Å². The van der Waals surface area contributed by atoms with E-state index >= 15 is 0 Å². The quantitative estimate of drug-likeness (QED) is 0.601. The van der Waals surface area contributed by atoms with Gasteiger partial charge in [-0.15, -0.1) is 0 Å². The smallest absolute Gasteiger partial charge is 0.118 e. The first-order chi connectivity index (χ1) is 7.70. The summed E-state index contributed by atoms with van der Waals surface area (Å²) in [5, 5.41) is 0. The highest BCUT2D eigenvalue weighted by atomic mass is 32.9. The molecule has 1 aromatic heterocycles. The predicted octanol–water partition coefficient (Wildman–Crippen LogP) is 4.45. The third-order valence-electron chi connectivity index (χ3n) is 2.45. The maximum atomic E-state index is 5.32. The van der Waals surface area contributed by atoms with Crippen molar-refractivity contribution in [3.63, 3.8) is 0 Å². The normalized spacial score (nSPS) is 10.4. The monoisotopic (exact) mass is 268 g/mol. The van der Waals surface area contributed by atoms with Crippen LogP contribution < -0.4 is 4.74 Å². The van der Waals surface area contributed by atoms with E-state index in [1.807, 2.05) is 12.1 Å². The molecule has 4 heteroatoms. The van der Waals surface area contributed by atoms with Gasteiger partial charge in [0.1, 0.15) is 9.57 Å². The first-order valence-electron chi connectivity index (χ1n) is 4.92. The lowest BCUT2D eigenvalue weighted by atomic mass is 10.1. The number of methoxy groups -OCH3 is 1. The van der Waals surface area contributed by atoms with Crippen LogP contribution >= 0.6 is 32.9 Å². The molecule has 16 heavy (non-hydrogen) atoms. The van der Waals surface area contributed by atoms with Gasteiger partial charge in [-0.25, -0.2) is 0 Å². The average molecular weight is 268 g/mol. The van der Waals surface area contributed by atoms with Crippen molar-refractivity contribution in [1.82, 2.24) is 0 Å². The van der Waals surface area contributed by atoms with Crippen molar-refractivity contribution < 1.29 is 4.74 Å². The zero-order valence-corrected chi connectivity index (χ0v) is 11.6. The zero-order chi connectivity index (χ0) is 11.5. The zero-order valence-electron chi connectivity index (χ0n) is 9.15. The highest BCUT2D eigenvalue weighted by Gasteiger charge is 2.05. The molecule has 0 radical (unpaired) electrons. The summed E-state index contributed by atoms with van der Waals surface area (Å²) in [7, 11) is 5.14. The minimum absolute atomic E-state index is 0.896. The summed E-state index contributed by atoms with van der Waals surface area (Å²) in [4.78, 5) is 1.34. The molecule has 0 unspecified atom stereocenters. The molecular formula is C12H12OS3. The Morgan fingerprint density at radius 1 is 1.19 bits per heavy atom. The van der Waals surface area contributed by atoms with Crippen LogP contribution in [0.25, 0.3) is 0 Å². The molecule has 0 aliphatic heterocycles. The molecular weight excluding hydrogens is 256 g/mol. The third-order valence-corrected chi connectivity index (χ3v) is 5.74. The number of ether oxygens (including phenoxy) is 1. The second-order valence-electron chi connectivity index (χ2n) is 3.51. The van der Waals surface area contributed by atoms with Crippen molar-refractivity contribution in [1.29, 1.82) is 0 Å². The Balaban J connectivity index is 2.24. The van der Waals surface area contributed by atoms with Gasteiger partial charge in [-0.1, -0.05) is 45.0 Å². The van der Waals surface area contributed by atoms with Crippen LogP contribution in [-0.2, 0) is 6.42 Å². The fraction of sp³-hybridized carbons (Fsp3) is 0.250. The van der Waals surface area contributed by atoms with Crippen LogP contribution in [0, 0.1) is 10.7 Å². The molecule has 1 heterocycles. The van der Waals surface area contributed by atoms with Gasteiger partial charge in [0.15, 0.2) is 0 Å². The van der Waals surface area contributed by atoms with Crippen LogP contribution in [-0.4, -0.2) is 7.11 Å². The number of hydrogen-bond donors (Lipinski definition) is 0. The van der Waals surface area contributed by atoms with Gasteiger partial charge < -0.3 is 4.74 Å². The van der Waals surface area contributed by atoms with Crippen molar-refractivity contribution in [3.8, 4) is 5.75 Å². The molecule has 2 rings (SSSR count). The third kappa shape index (κ3) is 2.51. The van der Waals surface area contributed by atoms with Gasteiger partial charge in [0.05, 0.1) is 7.11 Å². The molecule has 0 aliphatic rings. The number of benzene rings is 1. The van der Waals surface area contributed by atoms with Crippen molar-refractivity contribution >= 4 is 32.9 Å². The molecule has 0 saturated carbocycles. The predicted molar refractivity (Wildman–Crippen MR) is 73.6 cm³/mol. The minimum atomic E-state index is 0.896. The van der Waals surface area contributed by atoms with Crippen molar-refractivity contribution in [2.45, 2.75) is 13.3 Å². The molecule has 0 saturated heterocycles. The van der Waals surface area contributed by atoms with E-state index in [2.05, 4.69) is 19.1 Å². The lowest BCUT2D eigenvalue weighted by molar-refractivity contribution is 0.414. The minimum Gasteiger partial charge on any atom is -0.497 e. The fourth-order valence-corrected chi connectivity index (χ4v) is 4.16. The van der Waals surface area contributed by atoms with Gasteiger partial charge in [0.2, 0.25) is 0 Å². The van der Waals surface area contributed by atoms with Crippen LogP contribution in [0.3, 0.4) is 0 Å². The number of aryl methyl sites for hydroxylation is 1. The largest absolute Gasteiger partial charge is 0.497 e. The van der Waals surface area contributed by atoms with Crippen LogP contribution in [0.2, 0.25) is 0 Å². The first kappa shape index (κ1) is 11.8. The summed E-state index contributed by atoms with van der Waals surface area (Å²) in [5.41, 5.74) is 2.58. The van der Waals surface area contributed by atoms with E-state index < -0.39 is 0 Å². The Labute approximate surface area is 108 Å². The summed E-state index contributed by atoms with van der Waals surface area (Å²) >= 11 is 5.32. The molecule has 0 atom stereocenters. The maximum Gasteiger partial charge on any atom is 0.118 e. The van der Waals surface area contributed by atoms with Crippen LogP contribution in [0.5, 0.6) is 5.75 Å². The second-order valence-corrected chi connectivity index (χ2v) is 6.53. The van der Waals surface area contributed by atoms with Crippen LogP contribution in [0.15, 0.2) is 24.3 Å². The molecule has 0 fully saturated rings. The van der Waals surface area contributed by atoms with Gasteiger partial charge in [-0.3, -0.25) is 0 Å². The highest BCUT2D eigenvalue weighted by molar-refractivity contribution is 7.79. The Bertz CT molecular complexity index is 522. The summed E-state index contributed by atoms with van der Waals surface area (Å²) < 4.78 is 6.16. The van der Waals surface area contributed by atoms with Crippen molar-refractivity contribution in [3.05, 3.63) is 44.1 Å². The van der Waals surface area contributed by atoms with Crippen LogP contribution in [0.1, 0.15) is 16.0 Å².